The maximum absolute atomic E-state index is 15.6. The normalized spacial score (nSPS) is 12.4. The van der Waals surface area contributed by atoms with Crippen molar-refractivity contribution in [3.05, 3.63) is 234 Å². The molecule has 11 aromatic rings. The maximum atomic E-state index is 15.6. The Hall–Kier alpha value is -8.98. The highest BCUT2D eigenvalue weighted by atomic mass is 19.4. The molecule has 0 saturated heterocycles. The molecule has 0 aliphatic heterocycles. The van der Waals surface area contributed by atoms with Crippen LogP contribution in [-0.2, 0) is 24.7 Å². The van der Waals surface area contributed by atoms with Crippen LogP contribution in [0.3, 0.4) is 0 Å². The lowest BCUT2D eigenvalue weighted by Crippen LogP contribution is -2.11. The summed E-state index contributed by atoms with van der Waals surface area (Å²) in [5.74, 6) is -0.0507. The molecule has 0 atom stereocenters. The first-order chi connectivity index (χ1) is 37.5. The zero-order valence-electron chi connectivity index (χ0n) is 41.4. The van der Waals surface area contributed by atoms with Crippen LogP contribution in [0.4, 0.5) is 52.7 Å². The summed E-state index contributed by atoms with van der Waals surface area (Å²) in [5.41, 5.74) is -2.18. The van der Waals surface area contributed by atoms with E-state index >= 15 is 26.3 Å². The Bertz CT molecular complexity index is 4020. The number of halogens is 12. The molecule has 79 heavy (non-hydrogen) atoms. The smallest absolute Gasteiger partial charge is 0.308 e. The second-order valence-corrected chi connectivity index (χ2v) is 19.1. The summed E-state index contributed by atoms with van der Waals surface area (Å²) in [6, 6.07) is 47.6. The van der Waals surface area contributed by atoms with Gasteiger partial charge in [-0.05, 0) is 126 Å². The molecule has 0 aliphatic carbocycles. The van der Waals surface area contributed by atoms with Crippen LogP contribution in [-0.4, -0.2) is 14.5 Å². The molecule has 3 nitrogen and oxygen atoms in total. The van der Waals surface area contributed by atoms with Crippen molar-refractivity contribution in [3.63, 3.8) is 0 Å². The molecule has 0 spiro atoms. The van der Waals surface area contributed by atoms with Gasteiger partial charge in [-0.1, -0.05) is 133 Å². The van der Waals surface area contributed by atoms with E-state index in [0.717, 1.165) is 30.3 Å². The van der Waals surface area contributed by atoms with Crippen molar-refractivity contribution in [1.82, 2.24) is 14.5 Å². The summed E-state index contributed by atoms with van der Waals surface area (Å²) in [5, 5.41) is 0.475. The van der Waals surface area contributed by atoms with E-state index in [2.05, 4.69) is 0 Å². The van der Waals surface area contributed by atoms with Gasteiger partial charge in [-0.15, -0.1) is 0 Å². The third-order valence-electron chi connectivity index (χ3n) is 13.9. The summed E-state index contributed by atoms with van der Waals surface area (Å²) in [6.45, 7) is 2.98. The number of rotatable bonds is 8. The monoisotopic (exact) mass is 1080 g/mol. The Labute approximate surface area is 443 Å². The molecule has 2 heterocycles. The van der Waals surface area contributed by atoms with Gasteiger partial charge in [0.25, 0.3) is 0 Å². The van der Waals surface area contributed by atoms with Crippen LogP contribution in [0.15, 0.2) is 200 Å². The van der Waals surface area contributed by atoms with Gasteiger partial charge in [0.2, 0.25) is 0 Å². The molecule has 0 bridgehead atoms. The lowest BCUT2D eigenvalue weighted by atomic mass is 9.88. The van der Waals surface area contributed by atoms with Crippen molar-refractivity contribution >= 4 is 21.8 Å². The van der Waals surface area contributed by atoms with Crippen LogP contribution in [0.2, 0.25) is 0 Å². The largest absolute Gasteiger partial charge is 0.417 e. The van der Waals surface area contributed by atoms with Crippen molar-refractivity contribution in [3.8, 4) is 84.1 Å². The minimum absolute atomic E-state index is 0.0276. The summed E-state index contributed by atoms with van der Waals surface area (Å²) < 4.78 is 182. The number of alkyl halides is 12. The van der Waals surface area contributed by atoms with E-state index in [-0.39, 0.29) is 66.7 Å². The average molecular weight is 1080 g/mol. The highest BCUT2D eigenvalue weighted by molar-refractivity contribution is 6.13. The molecule has 0 aliphatic rings. The fraction of sp³-hybridized carbons (Fsp3) is 0.0938. The molecule has 9 aromatic carbocycles. The van der Waals surface area contributed by atoms with Gasteiger partial charge in [-0.3, -0.25) is 0 Å². The van der Waals surface area contributed by atoms with Crippen LogP contribution in [0.5, 0.6) is 0 Å². The third-order valence-corrected chi connectivity index (χ3v) is 13.9. The SMILES string of the molecule is Cc1ccc(-c2ccc3c(c2)c2cc(-c4ccc(C(F)(F)F)cc4C)ccc2n3-c2c(-c3ccccc3C(F)(F)F)cc(-c3nc(-c4ccccc4)cc(-c4ccccc4)n3)cc2-c2ccccc2C(F)(F)F)c(C(F)(F)F)c1. The van der Waals surface area contributed by atoms with E-state index in [1.807, 2.05) is 0 Å². The van der Waals surface area contributed by atoms with Gasteiger partial charge in [-0.2, -0.15) is 52.7 Å². The molecule has 15 heteroatoms. The topological polar surface area (TPSA) is 30.7 Å². The number of aryl methyl sites for hydroxylation is 2. The van der Waals surface area contributed by atoms with Crippen LogP contribution < -0.4 is 0 Å². The molecule has 0 radical (unpaired) electrons. The molecule has 2 aromatic heterocycles. The lowest BCUT2D eigenvalue weighted by Gasteiger charge is -2.24. The highest BCUT2D eigenvalue weighted by Gasteiger charge is 2.39. The fourth-order valence-electron chi connectivity index (χ4n) is 10.3. The second-order valence-electron chi connectivity index (χ2n) is 19.1. The second kappa shape index (κ2) is 19.5. The minimum Gasteiger partial charge on any atom is -0.308 e. The minimum atomic E-state index is -5.04. The van der Waals surface area contributed by atoms with Crippen LogP contribution >= 0.6 is 0 Å². The van der Waals surface area contributed by atoms with Crippen molar-refractivity contribution in [1.29, 1.82) is 0 Å². The zero-order valence-corrected chi connectivity index (χ0v) is 41.4. The highest BCUT2D eigenvalue weighted by Crippen LogP contribution is 2.50. The fourth-order valence-corrected chi connectivity index (χ4v) is 10.3. The van der Waals surface area contributed by atoms with Crippen molar-refractivity contribution in [2.24, 2.45) is 0 Å². The third kappa shape index (κ3) is 9.89. The van der Waals surface area contributed by atoms with Crippen molar-refractivity contribution < 1.29 is 52.7 Å². The maximum Gasteiger partial charge on any atom is 0.417 e. The number of nitrogens with zero attached hydrogens (tertiary/aromatic N) is 3. The number of aromatic nitrogens is 3. The molecule has 0 saturated carbocycles. The van der Waals surface area contributed by atoms with Gasteiger partial charge in [0, 0.05) is 38.6 Å². The van der Waals surface area contributed by atoms with E-state index in [4.69, 9.17) is 9.97 Å². The van der Waals surface area contributed by atoms with Gasteiger partial charge in [0.05, 0.1) is 50.4 Å². The van der Waals surface area contributed by atoms with Crippen LogP contribution in [0.1, 0.15) is 33.4 Å². The summed E-state index contributed by atoms with van der Waals surface area (Å²) in [4.78, 5) is 9.86. The standard InChI is InChI=1S/C64H39F12N3/c1-36-21-25-45(54(29-36)64(74,75)76)41-23-28-58-49(32-41)48-31-40(44-26-24-43(30-37(44)2)61(65,66)67)22-27-57(48)79(58)59-50(46-17-9-11-19-52(46)62(68,69)70)33-42(34-51(59)47-18-10-12-20-53(47)63(71,72)73)60-77-55(38-13-5-3-6-14-38)35-56(78-60)39-15-7-4-8-16-39/h3-35H,1-2H3. The lowest BCUT2D eigenvalue weighted by molar-refractivity contribution is -0.138. The van der Waals surface area contributed by atoms with Crippen LogP contribution in [0, 0.1) is 13.8 Å². The number of hydrogen-bond acceptors (Lipinski definition) is 2. The van der Waals surface area contributed by atoms with E-state index in [9.17, 15) is 26.3 Å². The molecule has 0 N–H and O–H groups in total. The van der Waals surface area contributed by atoms with E-state index in [0.29, 0.717) is 39.2 Å². The van der Waals surface area contributed by atoms with E-state index in [1.165, 1.54) is 103 Å². The summed E-state index contributed by atoms with van der Waals surface area (Å²) in [6.07, 6.45) is -19.6. The Morgan fingerprint density at radius 2 is 0.785 bits per heavy atom. The molecular formula is C64H39F12N3. The summed E-state index contributed by atoms with van der Waals surface area (Å²) >= 11 is 0. The van der Waals surface area contributed by atoms with E-state index < -0.39 is 58.1 Å². The number of benzene rings is 9. The zero-order chi connectivity index (χ0) is 55.8. The first-order valence-corrected chi connectivity index (χ1v) is 24.5. The predicted molar refractivity (Wildman–Crippen MR) is 284 cm³/mol. The van der Waals surface area contributed by atoms with E-state index in [1.54, 1.807) is 84.9 Å². The van der Waals surface area contributed by atoms with Gasteiger partial charge >= 0.3 is 24.7 Å². The summed E-state index contributed by atoms with van der Waals surface area (Å²) in [7, 11) is 0. The predicted octanol–water partition coefficient (Wildman–Crippen LogP) is 19.9. The number of fused-ring (bicyclic) bond motifs is 3. The quantitative estimate of drug-likeness (QED) is 0.142. The molecular weight excluding hydrogens is 1040 g/mol. The van der Waals surface area contributed by atoms with Crippen LogP contribution in [0.25, 0.3) is 106 Å². The van der Waals surface area contributed by atoms with Crippen molar-refractivity contribution in [2.45, 2.75) is 38.6 Å². The van der Waals surface area contributed by atoms with Gasteiger partial charge in [0.15, 0.2) is 5.82 Å². The van der Waals surface area contributed by atoms with Gasteiger partial charge in [0.1, 0.15) is 0 Å². The Morgan fingerprint density at radius 1 is 0.329 bits per heavy atom. The Morgan fingerprint density at radius 3 is 1.25 bits per heavy atom. The molecule has 11 rings (SSSR count). The first-order valence-electron chi connectivity index (χ1n) is 24.5. The van der Waals surface area contributed by atoms with Gasteiger partial charge in [-0.25, -0.2) is 9.97 Å². The molecule has 0 unspecified atom stereocenters. The Balaban J connectivity index is 1.31. The molecule has 0 fully saturated rings. The van der Waals surface area contributed by atoms with Crippen molar-refractivity contribution in [2.75, 3.05) is 0 Å². The molecule has 394 valence electrons. The van der Waals surface area contributed by atoms with Gasteiger partial charge < -0.3 is 4.57 Å². The number of hydrogen-bond donors (Lipinski definition) is 0. The average Bonchev–Trinajstić information content (AvgIpc) is 3.69. The Kier molecular flexibility index (Phi) is 12.8. The first kappa shape index (κ1) is 52.1. The molecule has 0 amide bonds.